The van der Waals surface area contributed by atoms with Crippen LogP contribution >= 0.6 is 23.4 Å². The molecule has 0 unspecified atom stereocenters. The largest absolute Gasteiger partial charge is 0.307 e. The molecule has 26 heavy (non-hydrogen) atoms. The Morgan fingerprint density at radius 1 is 1.04 bits per heavy atom. The maximum absolute atomic E-state index is 6.30. The monoisotopic (exact) mass is 383 g/mol. The van der Waals surface area contributed by atoms with E-state index in [1.165, 1.54) is 19.3 Å². The summed E-state index contributed by atoms with van der Waals surface area (Å²) in [4.78, 5) is 12.3. The van der Waals surface area contributed by atoms with Crippen molar-refractivity contribution < 1.29 is 0 Å². The van der Waals surface area contributed by atoms with Gasteiger partial charge in [-0.2, -0.15) is 0 Å². The summed E-state index contributed by atoms with van der Waals surface area (Å²) in [5.41, 5.74) is 1.90. The van der Waals surface area contributed by atoms with Crippen molar-refractivity contribution >= 4 is 45.7 Å². The number of halogens is 1. The quantitative estimate of drug-likeness (QED) is 0.607. The number of benzene rings is 2. The molecule has 0 saturated heterocycles. The Morgan fingerprint density at radius 3 is 2.50 bits per heavy atom. The van der Waals surface area contributed by atoms with E-state index in [2.05, 4.69) is 17.2 Å². The zero-order valence-corrected chi connectivity index (χ0v) is 16.4. The molecule has 2 aromatic rings. The highest BCUT2D eigenvalue weighted by Gasteiger charge is 2.49. The molecule has 1 spiro atoms. The van der Waals surface area contributed by atoms with Crippen LogP contribution in [0.5, 0.6) is 0 Å². The third-order valence-electron chi connectivity index (χ3n) is 5.16. The molecule has 0 aromatic heterocycles. The number of amidine groups is 2. The fraction of sp³-hybridized carbons (Fsp3) is 0.333. The van der Waals surface area contributed by atoms with Gasteiger partial charge in [-0.3, -0.25) is 0 Å². The third-order valence-corrected chi connectivity index (χ3v) is 6.03. The second-order valence-electron chi connectivity index (χ2n) is 6.78. The van der Waals surface area contributed by atoms with E-state index >= 15 is 0 Å². The summed E-state index contributed by atoms with van der Waals surface area (Å²) in [5, 5.41) is 1.76. The van der Waals surface area contributed by atoms with E-state index in [1.54, 1.807) is 11.8 Å². The number of hydrogen-bond donors (Lipinski definition) is 0. The molecule has 0 N–H and O–H groups in total. The molecule has 3 nitrogen and oxygen atoms in total. The van der Waals surface area contributed by atoms with Gasteiger partial charge in [0.1, 0.15) is 5.54 Å². The van der Waals surface area contributed by atoms with Gasteiger partial charge in [0.25, 0.3) is 0 Å². The Kier molecular flexibility index (Phi) is 5.05. The molecule has 4 rings (SSSR count). The number of anilines is 1. The first-order valence-electron chi connectivity index (χ1n) is 9.06. The summed E-state index contributed by atoms with van der Waals surface area (Å²) in [5.74, 6) is 0.938. The van der Waals surface area contributed by atoms with E-state index in [9.17, 15) is 0 Å². The molecule has 134 valence electrons. The molecule has 0 atom stereocenters. The van der Waals surface area contributed by atoms with E-state index in [-0.39, 0.29) is 5.54 Å². The van der Waals surface area contributed by atoms with Crippen LogP contribution in [-0.4, -0.2) is 22.8 Å². The SMILES string of the molecule is CSC1=NC(=Nc2ccccc2)C2(CCCCC2)N1c1cccc(Cl)c1. The molecular formula is C21H22ClN3S. The van der Waals surface area contributed by atoms with Crippen molar-refractivity contribution in [3.05, 3.63) is 59.6 Å². The van der Waals surface area contributed by atoms with Gasteiger partial charge < -0.3 is 4.90 Å². The summed E-state index contributed by atoms with van der Waals surface area (Å²) in [6, 6.07) is 18.2. The molecule has 2 aromatic carbocycles. The lowest BCUT2D eigenvalue weighted by atomic mass is 9.79. The van der Waals surface area contributed by atoms with Crippen molar-refractivity contribution in [2.75, 3.05) is 11.2 Å². The first kappa shape index (κ1) is 17.6. The van der Waals surface area contributed by atoms with E-state index in [0.29, 0.717) is 0 Å². The average molecular weight is 384 g/mol. The Bertz CT molecular complexity index is 841. The van der Waals surface area contributed by atoms with Gasteiger partial charge in [-0.1, -0.05) is 66.9 Å². The summed E-state index contributed by atoms with van der Waals surface area (Å²) in [6.45, 7) is 0. The molecule has 1 saturated carbocycles. The minimum Gasteiger partial charge on any atom is -0.307 e. The molecule has 1 fully saturated rings. The van der Waals surface area contributed by atoms with Crippen LogP contribution in [-0.2, 0) is 0 Å². The van der Waals surface area contributed by atoms with Gasteiger partial charge in [0.2, 0.25) is 0 Å². The number of aliphatic imine (C=N–C) groups is 2. The van der Waals surface area contributed by atoms with Crippen molar-refractivity contribution in [1.82, 2.24) is 0 Å². The third kappa shape index (κ3) is 3.17. The van der Waals surface area contributed by atoms with Crippen molar-refractivity contribution in [1.29, 1.82) is 0 Å². The van der Waals surface area contributed by atoms with Crippen LogP contribution in [0.25, 0.3) is 0 Å². The summed E-state index contributed by atoms with van der Waals surface area (Å²) >= 11 is 7.98. The first-order chi connectivity index (χ1) is 12.7. The van der Waals surface area contributed by atoms with Gasteiger partial charge in [0.05, 0.1) is 5.69 Å². The highest BCUT2D eigenvalue weighted by molar-refractivity contribution is 8.13. The molecule has 1 heterocycles. The second-order valence-corrected chi connectivity index (χ2v) is 7.99. The molecule has 0 bridgehead atoms. The lowest BCUT2D eigenvalue weighted by Gasteiger charge is -2.42. The van der Waals surface area contributed by atoms with Gasteiger partial charge in [0.15, 0.2) is 11.0 Å². The van der Waals surface area contributed by atoms with E-state index in [1.807, 2.05) is 48.5 Å². The Morgan fingerprint density at radius 2 is 1.81 bits per heavy atom. The smallest absolute Gasteiger partial charge is 0.170 e. The highest BCUT2D eigenvalue weighted by Crippen LogP contribution is 2.44. The minimum absolute atomic E-state index is 0.170. The Labute approximate surface area is 164 Å². The normalized spacial score (nSPS) is 20.6. The van der Waals surface area contributed by atoms with Gasteiger partial charge in [-0.25, -0.2) is 9.98 Å². The predicted molar refractivity (Wildman–Crippen MR) is 114 cm³/mol. The number of hydrogen-bond acceptors (Lipinski definition) is 3. The Hall–Kier alpha value is -1.78. The zero-order chi connectivity index (χ0) is 18.0. The van der Waals surface area contributed by atoms with E-state index < -0.39 is 0 Å². The number of thioether (sulfide) groups is 1. The predicted octanol–water partition coefficient (Wildman–Crippen LogP) is 6.31. The van der Waals surface area contributed by atoms with Crippen LogP contribution in [0, 0.1) is 0 Å². The lowest BCUT2D eigenvalue weighted by molar-refractivity contribution is 0.385. The summed E-state index contributed by atoms with van der Waals surface area (Å²) in [6.07, 6.45) is 7.89. The first-order valence-corrected chi connectivity index (χ1v) is 10.7. The Balaban J connectivity index is 1.85. The second kappa shape index (κ2) is 7.45. The van der Waals surface area contributed by atoms with Crippen LogP contribution in [0.15, 0.2) is 64.6 Å². The van der Waals surface area contributed by atoms with Crippen LogP contribution in [0.2, 0.25) is 5.02 Å². The molecule has 5 heteroatoms. The van der Waals surface area contributed by atoms with Gasteiger partial charge >= 0.3 is 0 Å². The van der Waals surface area contributed by atoms with E-state index in [0.717, 1.165) is 40.2 Å². The van der Waals surface area contributed by atoms with Crippen molar-refractivity contribution in [3.63, 3.8) is 0 Å². The van der Waals surface area contributed by atoms with Gasteiger partial charge in [0, 0.05) is 10.7 Å². The fourth-order valence-corrected chi connectivity index (χ4v) is 4.80. The molecule has 1 aliphatic heterocycles. The van der Waals surface area contributed by atoms with Gasteiger partial charge in [-0.05, 0) is 49.4 Å². The number of nitrogens with zero attached hydrogens (tertiary/aromatic N) is 3. The summed E-state index contributed by atoms with van der Waals surface area (Å²) < 4.78 is 0. The van der Waals surface area contributed by atoms with Crippen molar-refractivity contribution in [3.8, 4) is 0 Å². The average Bonchev–Trinajstić information content (AvgIpc) is 2.96. The maximum atomic E-state index is 6.30. The number of rotatable bonds is 2. The van der Waals surface area contributed by atoms with Crippen LogP contribution in [0.1, 0.15) is 32.1 Å². The summed E-state index contributed by atoms with van der Waals surface area (Å²) in [7, 11) is 0. The van der Waals surface area contributed by atoms with Crippen molar-refractivity contribution in [2.45, 2.75) is 37.6 Å². The molecular weight excluding hydrogens is 362 g/mol. The zero-order valence-electron chi connectivity index (χ0n) is 14.9. The van der Waals surface area contributed by atoms with Crippen molar-refractivity contribution in [2.24, 2.45) is 9.98 Å². The molecule has 0 amide bonds. The lowest BCUT2D eigenvalue weighted by Crippen LogP contribution is -2.52. The minimum atomic E-state index is -0.170. The molecule has 2 aliphatic rings. The van der Waals surface area contributed by atoms with Gasteiger partial charge in [-0.15, -0.1) is 0 Å². The standard InChI is InChI=1S/C21H22ClN3S/c1-26-20-24-19(23-17-10-4-2-5-11-17)21(13-6-3-7-14-21)25(20)18-12-8-9-16(22)15-18/h2,4-5,8-12,15H,3,6-7,13-14H2,1H3. The molecule has 1 aliphatic carbocycles. The molecule has 0 radical (unpaired) electrons. The fourth-order valence-electron chi connectivity index (χ4n) is 3.98. The van der Waals surface area contributed by atoms with Crippen LogP contribution in [0.4, 0.5) is 11.4 Å². The maximum Gasteiger partial charge on any atom is 0.170 e. The number of para-hydroxylation sites is 1. The van der Waals surface area contributed by atoms with Crippen LogP contribution in [0.3, 0.4) is 0 Å². The van der Waals surface area contributed by atoms with E-state index in [4.69, 9.17) is 21.6 Å². The van der Waals surface area contributed by atoms with Crippen LogP contribution < -0.4 is 4.90 Å². The highest BCUT2D eigenvalue weighted by atomic mass is 35.5. The topological polar surface area (TPSA) is 28.0 Å².